The number of hydrogen-bond acceptors (Lipinski definition) is 4. The van der Waals surface area contributed by atoms with Crippen molar-refractivity contribution in [1.29, 1.82) is 0 Å². The third-order valence-corrected chi connectivity index (χ3v) is 5.54. The molecule has 0 spiro atoms. The molecule has 0 saturated carbocycles. The summed E-state index contributed by atoms with van der Waals surface area (Å²) in [4.78, 5) is 6.88. The first-order valence-electron chi connectivity index (χ1n) is 9.52. The van der Waals surface area contributed by atoms with Crippen LogP contribution in [0, 0.1) is 6.92 Å². The lowest BCUT2D eigenvalue weighted by molar-refractivity contribution is -0.0453. The number of nitrogens with one attached hydrogen (secondary N) is 2. The van der Waals surface area contributed by atoms with E-state index >= 15 is 0 Å². The van der Waals surface area contributed by atoms with E-state index in [4.69, 9.17) is 9.15 Å². The summed E-state index contributed by atoms with van der Waals surface area (Å²) in [5, 5.41) is 7.91. The van der Waals surface area contributed by atoms with Gasteiger partial charge in [0.15, 0.2) is 5.96 Å². The van der Waals surface area contributed by atoms with E-state index in [0.717, 1.165) is 37.0 Å². The zero-order chi connectivity index (χ0) is 17.9. The van der Waals surface area contributed by atoms with Gasteiger partial charge in [-0.05, 0) is 32.4 Å². The molecule has 0 amide bonds. The second-order valence-electron chi connectivity index (χ2n) is 7.20. The van der Waals surface area contributed by atoms with Gasteiger partial charge in [0, 0.05) is 37.1 Å². The average molecular weight is 356 g/mol. The minimum atomic E-state index is 0.218. The maximum absolute atomic E-state index is 6.00. The number of ether oxygens (including phenoxy) is 1. The maximum Gasteiger partial charge on any atom is 0.191 e. The Bertz CT molecular complexity index is 785. The lowest BCUT2D eigenvalue weighted by Gasteiger charge is -2.35. The Kier molecular flexibility index (Phi) is 5.13. The van der Waals surface area contributed by atoms with Crippen LogP contribution in [0.25, 0.3) is 11.0 Å². The third kappa shape index (κ3) is 3.57. The van der Waals surface area contributed by atoms with Crippen molar-refractivity contribution in [2.24, 2.45) is 4.99 Å². The number of guanidine groups is 1. The van der Waals surface area contributed by atoms with Crippen LogP contribution >= 0.6 is 0 Å². The van der Waals surface area contributed by atoms with Crippen LogP contribution in [-0.4, -0.2) is 56.3 Å². The van der Waals surface area contributed by atoms with Crippen LogP contribution < -0.4 is 10.6 Å². The molecule has 2 aliphatic rings. The standard InChI is InChI=1S/C20H28N4O2/c1-14-17-7-3-4-8-18(17)26-19(14)11-23-20(21-2)22-10-16-12-24-9-5-6-15(24)13-25-16/h3-4,7-8,15-16H,5-6,9-13H2,1-2H3,(H2,21,22,23). The molecule has 0 aliphatic carbocycles. The second-order valence-corrected chi connectivity index (χ2v) is 7.20. The van der Waals surface area contributed by atoms with Crippen molar-refractivity contribution >= 4 is 16.9 Å². The van der Waals surface area contributed by atoms with Crippen LogP contribution in [0.4, 0.5) is 0 Å². The first-order chi connectivity index (χ1) is 12.7. The minimum absolute atomic E-state index is 0.218. The van der Waals surface area contributed by atoms with E-state index in [1.54, 1.807) is 7.05 Å². The predicted molar refractivity (Wildman–Crippen MR) is 103 cm³/mol. The second kappa shape index (κ2) is 7.68. The van der Waals surface area contributed by atoms with Gasteiger partial charge in [0.2, 0.25) is 0 Å². The molecule has 1 aromatic carbocycles. The Morgan fingerprint density at radius 2 is 2.19 bits per heavy atom. The van der Waals surface area contributed by atoms with Crippen molar-refractivity contribution in [3.05, 3.63) is 35.6 Å². The van der Waals surface area contributed by atoms with E-state index in [2.05, 4.69) is 33.5 Å². The summed E-state index contributed by atoms with van der Waals surface area (Å²) in [5.74, 6) is 1.72. The fourth-order valence-corrected chi connectivity index (χ4v) is 4.00. The number of para-hydroxylation sites is 1. The van der Waals surface area contributed by atoms with Crippen molar-refractivity contribution in [3.8, 4) is 0 Å². The van der Waals surface area contributed by atoms with Crippen LogP contribution in [0.2, 0.25) is 0 Å². The number of hydrogen-bond donors (Lipinski definition) is 2. The van der Waals surface area contributed by atoms with Gasteiger partial charge in [-0.15, -0.1) is 0 Å². The zero-order valence-corrected chi connectivity index (χ0v) is 15.6. The number of rotatable bonds is 4. The molecule has 1 aromatic heterocycles. The van der Waals surface area contributed by atoms with Crippen molar-refractivity contribution < 1.29 is 9.15 Å². The van der Waals surface area contributed by atoms with Gasteiger partial charge >= 0.3 is 0 Å². The Morgan fingerprint density at radius 1 is 1.31 bits per heavy atom. The molecule has 2 N–H and O–H groups in total. The van der Waals surface area contributed by atoms with Gasteiger partial charge in [-0.2, -0.15) is 0 Å². The summed E-state index contributed by atoms with van der Waals surface area (Å²) < 4.78 is 12.0. The number of fused-ring (bicyclic) bond motifs is 2. The normalized spacial score (nSPS) is 24.0. The topological polar surface area (TPSA) is 62.0 Å². The highest BCUT2D eigenvalue weighted by molar-refractivity contribution is 5.82. The average Bonchev–Trinajstić information content (AvgIpc) is 3.26. The fourth-order valence-electron chi connectivity index (χ4n) is 4.00. The molecule has 4 rings (SSSR count). The molecule has 2 saturated heterocycles. The summed E-state index contributed by atoms with van der Waals surface area (Å²) in [6, 6.07) is 8.77. The summed E-state index contributed by atoms with van der Waals surface area (Å²) >= 11 is 0. The quantitative estimate of drug-likeness (QED) is 0.650. The smallest absolute Gasteiger partial charge is 0.191 e. The molecule has 0 radical (unpaired) electrons. The van der Waals surface area contributed by atoms with Gasteiger partial charge in [-0.1, -0.05) is 18.2 Å². The van der Waals surface area contributed by atoms with E-state index in [0.29, 0.717) is 12.6 Å². The zero-order valence-electron chi connectivity index (χ0n) is 15.6. The first-order valence-corrected chi connectivity index (χ1v) is 9.52. The van der Waals surface area contributed by atoms with Crippen LogP contribution in [0.5, 0.6) is 0 Å². The lowest BCUT2D eigenvalue weighted by atomic mass is 10.1. The van der Waals surface area contributed by atoms with E-state index in [1.807, 2.05) is 18.2 Å². The minimum Gasteiger partial charge on any atom is -0.459 e. The van der Waals surface area contributed by atoms with Crippen molar-refractivity contribution in [3.63, 3.8) is 0 Å². The van der Waals surface area contributed by atoms with Crippen LogP contribution in [0.15, 0.2) is 33.7 Å². The highest BCUT2D eigenvalue weighted by atomic mass is 16.5. The van der Waals surface area contributed by atoms with Crippen molar-refractivity contribution in [1.82, 2.24) is 15.5 Å². The van der Waals surface area contributed by atoms with Gasteiger partial charge in [-0.25, -0.2) is 0 Å². The summed E-state index contributed by atoms with van der Waals surface area (Å²) in [6.45, 7) is 6.56. The Hall–Kier alpha value is -2.05. The number of aliphatic imine (C=N–C) groups is 1. The molecular weight excluding hydrogens is 328 g/mol. The summed E-state index contributed by atoms with van der Waals surface area (Å²) in [5.41, 5.74) is 2.11. The van der Waals surface area contributed by atoms with Gasteiger partial charge in [0.05, 0.1) is 19.3 Å². The summed E-state index contributed by atoms with van der Waals surface area (Å²) in [6.07, 6.45) is 2.80. The molecule has 6 nitrogen and oxygen atoms in total. The van der Waals surface area contributed by atoms with Crippen LogP contribution in [0.3, 0.4) is 0 Å². The van der Waals surface area contributed by atoms with Gasteiger partial charge < -0.3 is 19.8 Å². The highest BCUT2D eigenvalue weighted by Gasteiger charge is 2.32. The molecular formula is C20H28N4O2. The van der Waals surface area contributed by atoms with E-state index < -0.39 is 0 Å². The molecule has 140 valence electrons. The molecule has 2 atom stereocenters. The Labute approximate surface area is 154 Å². The molecule has 2 aromatic rings. The monoisotopic (exact) mass is 356 g/mol. The SMILES string of the molecule is CN=C(NCc1oc2ccccc2c1C)NCC1CN2CCCC2CO1. The number of furan rings is 1. The number of aryl methyl sites for hydroxylation is 1. The molecule has 6 heteroatoms. The maximum atomic E-state index is 6.00. The number of morpholine rings is 1. The van der Waals surface area contributed by atoms with Crippen LogP contribution in [0.1, 0.15) is 24.2 Å². The molecule has 0 bridgehead atoms. The van der Waals surface area contributed by atoms with Crippen LogP contribution in [-0.2, 0) is 11.3 Å². The number of nitrogens with zero attached hydrogens (tertiary/aromatic N) is 2. The molecule has 3 heterocycles. The van der Waals surface area contributed by atoms with Crippen molar-refractivity contribution in [2.45, 2.75) is 38.5 Å². The summed E-state index contributed by atoms with van der Waals surface area (Å²) in [7, 11) is 1.79. The molecule has 2 aliphatic heterocycles. The van der Waals surface area contributed by atoms with Crippen molar-refractivity contribution in [2.75, 3.05) is 33.3 Å². The molecule has 2 fully saturated rings. The fraction of sp³-hybridized carbons (Fsp3) is 0.550. The van der Waals surface area contributed by atoms with Gasteiger partial charge in [0.1, 0.15) is 11.3 Å². The van der Waals surface area contributed by atoms with Gasteiger partial charge in [0.25, 0.3) is 0 Å². The third-order valence-electron chi connectivity index (χ3n) is 5.54. The Morgan fingerprint density at radius 3 is 3.04 bits per heavy atom. The van der Waals surface area contributed by atoms with E-state index in [-0.39, 0.29) is 6.10 Å². The largest absolute Gasteiger partial charge is 0.459 e. The Balaban J connectivity index is 1.30. The first kappa shape index (κ1) is 17.4. The number of benzene rings is 1. The highest BCUT2D eigenvalue weighted by Crippen LogP contribution is 2.25. The lowest BCUT2D eigenvalue weighted by Crippen LogP contribution is -2.51. The predicted octanol–water partition coefficient (Wildman–Crippen LogP) is 2.27. The van der Waals surface area contributed by atoms with E-state index in [1.165, 1.54) is 30.3 Å². The van der Waals surface area contributed by atoms with E-state index in [9.17, 15) is 0 Å². The molecule has 26 heavy (non-hydrogen) atoms. The molecule has 2 unspecified atom stereocenters. The van der Waals surface area contributed by atoms with Gasteiger partial charge in [-0.3, -0.25) is 9.89 Å².